The Morgan fingerprint density at radius 3 is 2.53 bits per heavy atom. The topological polar surface area (TPSA) is 54.4 Å². The van der Waals surface area contributed by atoms with Gasteiger partial charge < -0.3 is 0 Å². The highest BCUT2D eigenvalue weighted by molar-refractivity contribution is 5.94. The fraction of sp³-hybridized carbons (Fsp3) is 0.364. The zero-order valence-electron chi connectivity index (χ0n) is 9.19. The van der Waals surface area contributed by atoms with E-state index in [1.54, 1.807) is 30.7 Å². The molecule has 0 saturated heterocycles. The fourth-order valence-electron chi connectivity index (χ4n) is 0.852. The van der Waals surface area contributed by atoms with Crippen molar-refractivity contribution in [3.8, 4) is 0 Å². The van der Waals surface area contributed by atoms with Crippen LogP contribution in [-0.4, -0.2) is 17.1 Å². The van der Waals surface area contributed by atoms with Crippen LogP contribution in [0.25, 0.3) is 0 Å². The number of nitrogens with zero attached hydrogens (tertiary/aromatic N) is 2. The van der Waals surface area contributed by atoms with Gasteiger partial charge >= 0.3 is 0 Å². The molecule has 0 aliphatic carbocycles. The molecule has 4 heteroatoms. The van der Waals surface area contributed by atoms with Gasteiger partial charge in [-0.15, -0.1) is 0 Å². The lowest BCUT2D eigenvalue weighted by molar-refractivity contribution is 0.0954. The molecule has 0 atom stereocenters. The standard InChI is InChI=1S/C11H15N3O/c1-11(2,3)8-13-14-10(15)9-4-6-12-7-5-9/h4-8H,1-3H3,(H,14,15)/b13-8+. The van der Waals surface area contributed by atoms with Crippen molar-refractivity contribution in [3.63, 3.8) is 0 Å². The summed E-state index contributed by atoms with van der Waals surface area (Å²) in [7, 11) is 0. The van der Waals surface area contributed by atoms with Gasteiger partial charge in [0.2, 0.25) is 0 Å². The number of rotatable bonds is 2. The van der Waals surface area contributed by atoms with Gasteiger partial charge in [-0.3, -0.25) is 9.78 Å². The Labute approximate surface area is 89.4 Å². The van der Waals surface area contributed by atoms with Gasteiger partial charge in [0.05, 0.1) is 0 Å². The Hall–Kier alpha value is -1.71. The van der Waals surface area contributed by atoms with Gasteiger partial charge in [0.25, 0.3) is 5.91 Å². The maximum atomic E-state index is 11.5. The van der Waals surface area contributed by atoms with Crippen molar-refractivity contribution < 1.29 is 4.79 Å². The van der Waals surface area contributed by atoms with E-state index in [1.165, 1.54) is 0 Å². The maximum Gasteiger partial charge on any atom is 0.271 e. The fourth-order valence-corrected chi connectivity index (χ4v) is 0.852. The lowest BCUT2D eigenvalue weighted by atomic mass is 9.99. The average Bonchev–Trinajstić information content (AvgIpc) is 2.17. The molecule has 1 amide bonds. The van der Waals surface area contributed by atoms with Crippen LogP contribution in [0, 0.1) is 5.41 Å². The molecule has 0 aliphatic rings. The second kappa shape index (κ2) is 4.68. The first-order valence-corrected chi connectivity index (χ1v) is 4.74. The van der Waals surface area contributed by atoms with Gasteiger partial charge in [0.1, 0.15) is 0 Å². The minimum absolute atomic E-state index is 0.0362. The summed E-state index contributed by atoms with van der Waals surface area (Å²) in [5.74, 6) is -0.224. The van der Waals surface area contributed by atoms with Crippen LogP contribution in [0.1, 0.15) is 31.1 Å². The molecular formula is C11H15N3O. The largest absolute Gasteiger partial charge is 0.271 e. The maximum absolute atomic E-state index is 11.5. The van der Waals surface area contributed by atoms with Crippen molar-refractivity contribution in [1.82, 2.24) is 10.4 Å². The van der Waals surface area contributed by atoms with Crippen molar-refractivity contribution in [2.75, 3.05) is 0 Å². The summed E-state index contributed by atoms with van der Waals surface area (Å²) in [6, 6.07) is 3.28. The third-order valence-corrected chi connectivity index (χ3v) is 1.56. The van der Waals surface area contributed by atoms with E-state index in [0.717, 1.165) is 0 Å². The SMILES string of the molecule is CC(C)(C)/C=N/NC(=O)c1ccncc1. The molecule has 0 saturated carbocycles. The minimum Gasteiger partial charge on any atom is -0.267 e. The molecule has 0 bridgehead atoms. The number of pyridine rings is 1. The van der Waals surface area contributed by atoms with E-state index in [-0.39, 0.29) is 11.3 Å². The third-order valence-electron chi connectivity index (χ3n) is 1.56. The summed E-state index contributed by atoms with van der Waals surface area (Å²) in [5, 5.41) is 3.87. The number of carbonyl (C=O) groups excluding carboxylic acids is 1. The predicted molar refractivity (Wildman–Crippen MR) is 59.7 cm³/mol. The van der Waals surface area contributed by atoms with Gasteiger partial charge in [-0.05, 0) is 17.5 Å². The molecule has 0 radical (unpaired) electrons. The zero-order chi connectivity index (χ0) is 11.3. The second-order valence-corrected chi connectivity index (χ2v) is 4.30. The molecule has 1 heterocycles. The first-order chi connectivity index (χ1) is 6.99. The van der Waals surface area contributed by atoms with E-state index in [9.17, 15) is 4.79 Å². The monoisotopic (exact) mass is 205 g/mol. The molecule has 0 unspecified atom stereocenters. The van der Waals surface area contributed by atoms with E-state index in [1.807, 2.05) is 20.8 Å². The molecule has 1 rings (SSSR count). The molecule has 1 aromatic heterocycles. The molecule has 4 nitrogen and oxygen atoms in total. The molecule has 1 aromatic rings. The summed E-state index contributed by atoms with van der Waals surface area (Å²) in [4.78, 5) is 15.3. The molecule has 0 spiro atoms. The molecule has 0 fully saturated rings. The Bertz CT molecular complexity index is 352. The molecule has 1 N–H and O–H groups in total. The van der Waals surface area contributed by atoms with E-state index >= 15 is 0 Å². The van der Waals surface area contributed by atoms with Crippen molar-refractivity contribution in [3.05, 3.63) is 30.1 Å². The average molecular weight is 205 g/mol. The number of aromatic nitrogens is 1. The van der Waals surface area contributed by atoms with Crippen LogP contribution in [0.4, 0.5) is 0 Å². The zero-order valence-corrected chi connectivity index (χ0v) is 9.19. The van der Waals surface area contributed by atoms with Crippen molar-refractivity contribution in [1.29, 1.82) is 0 Å². The summed E-state index contributed by atoms with van der Waals surface area (Å²) in [5.41, 5.74) is 2.97. The van der Waals surface area contributed by atoms with Crippen molar-refractivity contribution in [2.24, 2.45) is 10.5 Å². The summed E-state index contributed by atoms with van der Waals surface area (Å²) in [6.45, 7) is 6.03. The summed E-state index contributed by atoms with van der Waals surface area (Å²) < 4.78 is 0. The lowest BCUT2D eigenvalue weighted by Crippen LogP contribution is -2.19. The first-order valence-electron chi connectivity index (χ1n) is 4.74. The van der Waals surface area contributed by atoms with E-state index in [0.29, 0.717) is 5.56 Å². The summed E-state index contributed by atoms with van der Waals surface area (Å²) in [6.07, 6.45) is 4.84. The number of hydrogen-bond donors (Lipinski definition) is 1. The molecule has 0 aromatic carbocycles. The van der Waals surface area contributed by atoms with Crippen LogP contribution in [0.15, 0.2) is 29.6 Å². The molecular weight excluding hydrogens is 190 g/mol. The van der Waals surface area contributed by atoms with E-state index in [2.05, 4.69) is 15.5 Å². The van der Waals surface area contributed by atoms with Crippen LogP contribution >= 0.6 is 0 Å². The van der Waals surface area contributed by atoms with Gasteiger partial charge in [-0.2, -0.15) is 5.10 Å². The highest BCUT2D eigenvalue weighted by Gasteiger charge is 2.06. The van der Waals surface area contributed by atoms with Crippen LogP contribution in [0.2, 0.25) is 0 Å². The highest BCUT2D eigenvalue weighted by atomic mass is 16.2. The van der Waals surface area contributed by atoms with Gasteiger partial charge in [-0.25, -0.2) is 5.43 Å². The second-order valence-electron chi connectivity index (χ2n) is 4.30. The summed E-state index contributed by atoms with van der Waals surface area (Å²) >= 11 is 0. The van der Waals surface area contributed by atoms with Crippen LogP contribution in [0.5, 0.6) is 0 Å². The lowest BCUT2D eigenvalue weighted by Gasteiger charge is -2.09. The van der Waals surface area contributed by atoms with Crippen molar-refractivity contribution in [2.45, 2.75) is 20.8 Å². The number of hydrogen-bond acceptors (Lipinski definition) is 3. The molecule has 15 heavy (non-hydrogen) atoms. The van der Waals surface area contributed by atoms with Gasteiger partial charge in [0.15, 0.2) is 0 Å². The Morgan fingerprint density at radius 1 is 1.40 bits per heavy atom. The predicted octanol–water partition coefficient (Wildman–Crippen LogP) is 1.84. The Morgan fingerprint density at radius 2 is 2.00 bits per heavy atom. The van der Waals surface area contributed by atoms with Crippen molar-refractivity contribution >= 4 is 12.1 Å². The third kappa shape index (κ3) is 4.35. The minimum atomic E-state index is -0.224. The Kier molecular flexibility index (Phi) is 3.55. The van der Waals surface area contributed by atoms with Crippen LogP contribution < -0.4 is 5.43 Å². The van der Waals surface area contributed by atoms with E-state index < -0.39 is 0 Å². The number of nitrogens with one attached hydrogen (secondary N) is 1. The number of carbonyl (C=O) groups is 1. The Balaban J connectivity index is 2.55. The first kappa shape index (κ1) is 11.4. The quantitative estimate of drug-likeness (QED) is 0.591. The molecule has 0 aliphatic heterocycles. The molecule has 80 valence electrons. The highest BCUT2D eigenvalue weighted by Crippen LogP contribution is 2.07. The number of hydrazone groups is 1. The van der Waals surface area contributed by atoms with Crippen LogP contribution in [0.3, 0.4) is 0 Å². The van der Waals surface area contributed by atoms with E-state index in [4.69, 9.17) is 0 Å². The van der Waals surface area contributed by atoms with Gasteiger partial charge in [0, 0.05) is 24.2 Å². The number of amides is 1. The smallest absolute Gasteiger partial charge is 0.267 e. The van der Waals surface area contributed by atoms with Gasteiger partial charge in [-0.1, -0.05) is 20.8 Å². The van der Waals surface area contributed by atoms with Crippen LogP contribution in [-0.2, 0) is 0 Å². The normalized spacial score (nSPS) is 11.7.